The minimum Gasteiger partial charge on any atom is -0.501 e. The van der Waals surface area contributed by atoms with Crippen LogP contribution in [-0.2, 0) is 18.6 Å². The number of anilines is 1. The van der Waals surface area contributed by atoms with E-state index in [-0.39, 0.29) is 18.1 Å². The lowest BCUT2D eigenvalue weighted by Crippen LogP contribution is -2.53. The standard InChI is InChI=1S/C20H21FN6O3/c1-20(2)19-25-15(17(29)22-9-12-3-5-13(21)6-4-12)16(28)18(30)26(19)7-8-27(20)14-10-23-24-11-14/h3-6,10-11,28H,7-9H2,1-2H3,(H,22,29)(H,23,24). The number of H-pyrrole nitrogens is 1. The minimum absolute atomic E-state index is 0.100. The molecule has 0 fully saturated rings. The van der Waals surface area contributed by atoms with Gasteiger partial charge in [-0.1, -0.05) is 12.1 Å². The van der Waals surface area contributed by atoms with Crippen molar-refractivity contribution in [1.29, 1.82) is 0 Å². The smallest absolute Gasteiger partial charge is 0.296 e. The fourth-order valence-electron chi connectivity index (χ4n) is 3.69. The monoisotopic (exact) mass is 412 g/mol. The number of benzene rings is 1. The quantitative estimate of drug-likeness (QED) is 0.598. The number of hydrogen-bond donors (Lipinski definition) is 3. The van der Waals surface area contributed by atoms with Gasteiger partial charge in [0.2, 0.25) is 5.75 Å². The zero-order valence-corrected chi connectivity index (χ0v) is 16.5. The van der Waals surface area contributed by atoms with E-state index in [4.69, 9.17) is 0 Å². The molecule has 1 aliphatic rings. The van der Waals surface area contributed by atoms with Gasteiger partial charge in [-0.25, -0.2) is 9.37 Å². The van der Waals surface area contributed by atoms with Gasteiger partial charge in [-0.2, -0.15) is 5.10 Å². The topological polar surface area (TPSA) is 116 Å². The second-order valence-corrected chi connectivity index (χ2v) is 7.57. The van der Waals surface area contributed by atoms with Gasteiger partial charge in [0, 0.05) is 25.8 Å². The van der Waals surface area contributed by atoms with Crippen LogP contribution in [0.4, 0.5) is 10.1 Å². The molecule has 1 aromatic carbocycles. The van der Waals surface area contributed by atoms with Gasteiger partial charge in [-0.05, 0) is 31.5 Å². The minimum atomic E-state index is -0.735. The Bertz CT molecular complexity index is 1140. The first kappa shape index (κ1) is 19.6. The highest BCUT2D eigenvalue weighted by atomic mass is 19.1. The number of aromatic amines is 1. The summed E-state index contributed by atoms with van der Waals surface area (Å²) < 4.78 is 14.4. The summed E-state index contributed by atoms with van der Waals surface area (Å²) in [7, 11) is 0. The van der Waals surface area contributed by atoms with Crippen molar-refractivity contribution in [3.63, 3.8) is 0 Å². The molecule has 0 saturated carbocycles. The second kappa shape index (κ2) is 7.29. The highest BCUT2D eigenvalue weighted by molar-refractivity contribution is 5.94. The molecule has 0 bridgehead atoms. The molecule has 3 aromatic rings. The zero-order valence-electron chi connectivity index (χ0n) is 16.5. The van der Waals surface area contributed by atoms with E-state index in [1.807, 2.05) is 18.7 Å². The van der Waals surface area contributed by atoms with Crippen molar-refractivity contribution >= 4 is 11.6 Å². The number of nitrogens with one attached hydrogen (secondary N) is 2. The number of amides is 1. The Kier molecular flexibility index (Phi) is 4.76. The number of rotatable bonds is 4. The number of hydrogen-bond acceptors (Lipinski definition) is 6. The highest BCUT2D eigenvalue weighted by Gasteiger charge is 2.39. The van der Waals surface area contributed by atoms with Gasteiger partial charge in [0.15, 0.2) is 5.69 Å². The van der Waals surface area contributed by atoms with Crippen LogP contribution in [0.2, 0.25) is 0 Å². The molecule has 0 atom stereocenters. The molecule has 4 rings (SSSR count). The molecule has 10 heteroatoms. The Morgan fingerprint density at radius 3 is 2.70 bits per heavy atom. The first-order valence-corrected chi connectivity index (χ1v) is 9.42. The molecular formula is C20H21FN6O3. The number of aromatic nitrogens is 4. The van der Waals surface area contributed by atoms with Gasteiger partial charge >= 0.3 is 0 Å². The van der Waals surface area contributed by atoms with Gasteiger partial charge in [-0.3, -0.25) is 19.3 Å². The summed E-state index contributed by atoms with van der Waals surface area (Å²) >= 11 is 0. The largest absolute Gasteiger partial charge is 0.501 e. The third-order valence-electron chi connectivity index (χ3n) is 5.29. The molecule has 156 valence electrons. The molecule has 0 unspecified atom stereocenters. The van der Waals surface area contributed by atoms with E-state index in [9.17, 15) is 19.1 Å². The summed E-state index contributed by atoms with van der Waals surface area (Å²) in [6.45, 7) is 4.68. The molecule has 30 heavy (non-hydrogen) atoms. The van der Waals surface area contributed by atoms with Crippen LogP contribution in [0.25, 0.3) is 0 Å². The van der Waals surface area contributed by atoms with Crippen LogP contribution in [0.3, 0.4) is 0 Å². The molecule has 0 aliphatic carbocycles. The molecule has 9 nitrogen and oxygen atoms in total. The van der Waals surface area contributed by atoms with Crippen molar-refractivity contribution in [2.45, 2.75) is 32.5 Å². The van der Waals surface area contributed by atoms with E-state index in [0.29, 0.717) is 24.5 Å². The molecule has 3 N–H and O–H groups in total. The van der Waals surface area contributed by atoms with E-state index < -0.39 is 22.8 Å². The lowest BCUT2D eigenvalue weighted by molar-refractivity contribution is 0.0941. The van der Waals surface area contributed by atoms with Crippen LogP contribution in [0.1, 0.15) is 35.7 Å². The predicted molar refractivity (Wildman–Crippen MR) is 107 cm³/mol. The summed E-state index contributed by atoms with van der Waals surface area (Å²) in [5.74, 6) is -1.39. The highest BCUT2D eigenvalue weighted by Crippen LogP contribution is 2.34. The molecule has 0 saturated heterocycles. The maximum Gasteiger partial charge on any atom is 0.296 e. The van der Waals surface area contributed by atoms with Crippen LogP contribution in [0.15, 0.2) is 41.5 Å². The normalized spacial score (nSPS) is 15.0. The number of halogens is 1. The summed E-state index contributed by atoms with van der Waals surface area (Å²) in [5.41, 5.74) is -0.232. The Labute approximate surface area is 171 Å². The van der Waals surface area contributed by atoms with E-state index in [0.717, 1.165) is 5.69 Å². The van der Waals surface area contributed by atoms with Crippen LogP contribution in [-0.4, -0.2) is 37.3 Å². The van der Waals surface area contributed by atoms with Gasteiger partial charge in [0.25, 0.3) is 11.5 Å². The molecule has 3 heterocycles. The summed E-state index contributed by atoms with van der Waals surface area (Å²) in [6.07, 6.45) is 3.42. The Hall–Kier alpha value is -3.69. The van der Waals surface area contributed by atoms with E-state index >= 15 is 0 Å². The Morgan fingerprint density at radius 2 is 2.03 bits per heavy atom. The SMILES string of the molecule is CC1(C)c2nc(C(=O)NCc3ccc(F)cc3)c(O)c(=O)n2CCN1c1cn[nH]c1. The van der Waals surface area contributed by atoms with Crippen LogP contribution in [0, 0.1) is 5.82 Å². The lowest BCUT2D eigenvalue weighted by atomic mass is 9.97. The van der Waals surface area contributed by atoms with Crippen molar-refractivity contribution in [3.8, 4) is 5.75 Å². The summed E-state index contributed by atoms with van der Waals surface area (Å²) in [4.78, 5) is 31.8. The lowest BCUT2D eigenvalue weighted by Gasteiger charge is -2.43. The second-order valence-electron chi connectivity index (χ2n) is 7.57. The molecule has 1 amide bonds. The van der Waals surface area contributed by atoms with Crippen LogP contribution >= 0.6 is 0 Å². The van der Waals surface area contributed by atoms with Gasteiger partial charge < -0.3 is 15.3 Å². The third kappa shape index (κ3) is 3.30. The number of carbonyl (C=O) groups is 1. The predicted octanol–water partition coefficient (Wildman–Crippen LogP) is 1.50. The Balaban J connectivity index is 1.66. The Morgan fingerprint density at radius 1 is 1.30 bits per heavy atom. The van der Waals surface area contributed by atoms with Crippen molar-refractivity contribution < 1.29 is 14.3 Å². The number of aromatic hydroxyl groups is 1. The molecule has 2 aromatic heterocycles. The van der Waals surface area contributed by atoms with Crippen LogP contribution in [0.5, 0.6) is 5.75 Å². The van der Waals surface area contributed by atoms with Gasteiger partial charge in [-0.15, -0.1) is 0 Å². The zero-order chi connectivity index (χ0) is 21.5. The van der Waals surface area contributed by atoms with E-state index in [2.05, 4.69) is 20.5 Å². The average molecular weight is 412 g/mol. The number of fused-ring (bicyclic) bond motifs is 1. The summed E-state index contributed by atoms with van der Waals surface area (Å²) in [5, 5.41) is 19.7. The first-order valence-electron chi connectivity index (χ1n) is 9.42. The van der Waals surface area contributed by atoms with Gasteiger partial charge in [0.05, 0.1) is 17.4 Å². The van der Waals surface area contributed by atoms with Gasteiger partial charge in [0.1, 0.15) is 11.6 Å². The van der Waals surface area contributed by atoms with Crippen molar-refractivity contribution in [1.82, 2.24) is 25.1 Å². The molecule has 1 aliphatic heterocycles. The maximum atomic E-state index is 13.0. The van der Waals surface area contributed by atoms with E-state index in [1.165, 1.54) is 28.8 Å². The first-order chi connectivity index (χ1) is 14.3. The fraction of sp³-hybridized carbons (Fsp3) is 0.300. The third-order valence-corrected chi connectivity index (χ3v) is 5.29. The van der Waals surface area contributed by atoms with E-state index in [1.54, 1.807) is 12.4 Å². The summed E-state index contributed by atoms with van der Waals surface area (Å²) in [6, 6.07) is 5.65. The molecular weight excluding hydrogens is 391 g/mol. The van der Waals surface area contributed by atoms with Crippen molar-refractivity contribution in [3.05, 3.63) is 69.9 Å². The van der Waals surface area contributed by atoms with Crippen LogP contribution < -0.4 is 15.8 Å². The number of nitrogens with zero attached hydrogens (tertiary/aromatic N) is 4. The molecule has 0 radical (unpaired) electrons. The fourth-order valence-corrected chi connectivity index (χ4v) is 3.69. The van der Waals surface area contributed by atoms with Crippen molar-refractivity contribution in [2.75, 3.05) is 11.4 Å². The van der Waals surface area contributed by atoms with Crippen molar-refractivity contribution in [2.24, 2.45) is 0 Å². The number of carbonyl (C=O) groups excluding carboxylic acids is 1. The average Bonchev–Trinajstić information content (AvgIpc) is 3.24. The molecule has 0 spiro atoms. The maximum absolute atomic E-state index is 13.0.